The van der Waals surface area contributed by atoms with E-state index in [4.69, 9.17) is 0 Å². The Hall–Kier alpha value is -4.00. The minimum absolute atomic E-state index is 0. The maximum atomic E-state index is 11.4. The number of pyridine rings is 1. The molecule has 1 radical (unpaired) electrons. The largest absolute Gasteiger partial charge is 2.00 e. The van der Waals surface area contributed by atoms with Crippen LogP contribution >= 0.6 is 0 Å². The Morgan fingerprint density at radius 1 is 0.788 bits per heavy atom. The number of rotatable bonds is 5. The molecule has 0 aliphatic carbocycles. The molecule has 1 aromatic heterocycles. The molecular weight excluding hydrogens is 470 g/mol. The van der Waals surface area contributed by atoms with Crippen LogP contribution in [0.5, 0.6) is 11.5 Å². The van der Waals surface area contributed by atoms with E-state index in [1.807, 2.05) is 12.1 Å². The number of hydrogen-bond acceptors (Lipinski definition) is 6. The number of nitro benzene ring substituents is 1. The number of non-ortho nitro benzene ring substituents is 1. The number of aliphatic imine (C=N–C) groups is 1. The predicted molar refractivity (Wildman–Crippen MR) is 119 cm³/mol. The normalized spacial score (nSPS) is 10.1. The van der Waals surface area contributed by atoms with Crippen LogP contribution in [0.15, 0.2) is 102 Å². The van der Waals surface area contributed by atoms with Crippen LogP contribution in [-0.4, -0.2) is 16.1 Å². The molecule has 0 saturated carbocycles. The van der Waals surface area contributed by atoms with Crippen LogP contribution in [0.1, 0.15) is 16.7 Å². The number of para-hydroxylation sites is 3. The topological polar surface area (TPSA) is 115 Å². The van der Waals surface area contributed by atoms with E-state index in [2.05, 4.69) is 9.98 Å². The van der Waals surface area contributed by atoms with Crippen molar-refractivity contribution in [1.29, 1.82) is 0 Å². The van der Waals surface area contributed by atoms with Crippen molar-refractivity contribution in [2.24, 2.45) is 4.99 Å². The Bertz CT molecular complexity index is 1150. The molecule has 4 rings (SSSR count). The number of hydrogen-bond donors (Lipinski definition) is 0. The van der Waals surface area contributed by atoms with Gasteiger partial charge in [0.2, 0.25) is 0 Å². The van der Waals surface area contributed by atoms with Gasteiger partial charge in [-0.1, -0.05) is 60.3 Å². The van der Waals surface area contributed by atoms with Gasteiger partial charge in [0.15, 0.2) is 0 Å². The van der Waals surface area contributed by atoms with E-state index in [-0.39, 0.29) is 34.3 Å². The van der Waals surface area contributed by atoms with Crippen molar-refractivity contribution in [3.63, 3.8) is 0 Å². The van der Waals surface area contributed by atoms with Gasteiger partial charge in [0.05, 0.1) is 10.6 Å². The molecule has 0 amide bonds. The summed E-state index contributed by atoms with van der Waals surface area (Å²) >= 11 is 0. The Morgan fingerprint density at radius 2 is 1.36 bits per heavy atom. The summed E-state index contributed by atoms with van der Waals surface area (Å²) < 4.78 is 0. The standard InChI is InChI=1S/C13H11NO2.C12H10N2O2.Cu/c15-12-7-3-1-5-10(12)9-14-11-6-2-4-8-13(11)16;15-14(16)12-3-1-10(2-4-12)9-11-5-7-13-8-6-11;/h1-9,15-16H;1-8H,9H2;/q;;+2/p-2. The Labute approximate surface area is 201 Å². The van der Waals surface area contributed by atoms with Gasteiger partial charge in [-0.05, 0) is 41.3 Å². The first-order valence-corrected chi connectivity index (χ1v) is 9.71. The average Bonchev–Trinajstić information content (AvgIpc) is 2.81. The average molecular weight is 489 g/mol. The summed E-state index contributed by atoms with van der Waals surface area (Å²) in [6.07, 6.45) is 5.65. The predicted octanol–water partition coefficient (Wildman–Crippen LogP) is 4.16. The van der Waals surface area contributed by atoms with E-state index in [0.29, 0.717) is 11.3 Å². The molecule has 0 atom stereocenters. The monoisotopic (exact) mass is 488 g/mol. The van der Waals surface area contributed by atoms with Gasteiger partial charge >= 0.3 is 17.1 Å². The SMILES string of the molecule is O=[N+]([O-])c1ccc(Cc2ccncc2)cc1.[Cu+2].[O-]c1ccccc1C=Nc1ccccc1[O-]. The molecule has 0 aliphatic heterocycles. The minimum atomic E-state index is -0.393. The van der Waals surface area contributed by atoms with E-state index in [1.54, 1.807) is 60.9 Å². The molecule has 33 heavy (non-hydrogen) atoms. The molecule has 0 unspecified atom stereocenters. The van der Waals surface area contributed by atoms with Gasteiger partial charge in [-0.15, -0.1) is 5.75 Å². The molecular formula is C25H19CuN3O4. The Morgan fingerprint density at radius 3 is 1.97 bits per heavy atom. The summed E-state index contributed by atoms with van der Waals surface area (Å²) in [5, 5.41) is 33.2. The molecule has 169 valence electrons. The molecule has 1 heterocycles. The maximum absolute atomic E-state index is 11.4. The third-order valence-corrected chi connectivity index (χ3v) is 4.43. The summed E-state index contributed by atoms with van der Waals surface area (Å²) in [5.41, 5.74) is 3.13. The molecule has 3 aromatic carbocycles. The number of nitrogens with zero attached hydrogens (tertiary/aromatic N) is 3. The van der Waals surface area contributed by atoms with Crippen LogP contribution in [0.2, 0.25) is 0 Å². The van der Waals surface area contributed by atoms with E-state index in [9.17, 15) is 20.3 Å². The fraction of sp³-hybridized carbons (Fsp3) is 0.0400. The van der Waals surface area contributed by atoms with Crippen LogP contribution in [-0.2, 0) is 23.5 Å². The van der Waals surface area contributed by atoms with Crippen molar-refractivity contribution in [1.82, 2.24) is 4.98 Å². The van der Waals surface area contributed by atoms with Crippen molar-refractivity contribution >= 4 is 17.6 Å². The van der Waals surface area contributed by atoms with Gasteiger partial charge in [0.1, 0.15) is 0 Å². The van der Waals surface area contributed by atoms with E-state index < -0.39 is 4.92 Å². The van der Waals surface area contributed by atoms with E-state index in [0.717, 1.165) is 17.5 Å². The molecule has 0 bridgehead atoms. The van der Waals surface area contributed by atoms with Gasteiger partial charge in [-0.2, -0.15) is 0 Å². The molecule has 8 heteroatoms. The third-order valence-electron chi connectivity index (χ3n) is 4.43. The van der Waals surface area contributed by atoms with Gasteiger partial charge in [0, 0.05) is 30.7 Å². The Kier molecular flexibility index (Phi) is 9.77. The van der Waals surface area contributed by atoms with Crippen LogP contribution in [0, 0.1) is 10.1 Å². The van der Waals surface area contributed by atoms with Crippen molar-refractivity contribution in [3.05, 3.63) is 124 Å². The van der Waals surface area contributed by atoms with Crippen molar-refractivity contribution in [2.75, 3.05) is 0 Å². The second-order valence-corrected chi connectivity index (χ2v) is 6.72. The summed E-state index contributed by atoms with van der Waals surface area (Å²) in [5.74, 6) is -0.253. The number of nitro groups is 1. The molecule has 0 spiro atoms. The zero-order valence-corrected chi connectivity index (χ0v) is 18.2. The summed E-state index contributed by atoms with van der Waals surface area (Å²) in [6.45, 7) is 0. The van der Waals surface area contributed by atoms with Crippen LogP contribution in [0.4, 0.5) is 11.4 Å². The summed E-state index contributed by atoms with van der Waals surface area (Å²) in [7, 11) is 0. The number of benzene rings is 3. The molecule has 0 N–H and O–H groups in total. The van der Waals surface area contributed by atoms with Crippen molar-refractivity contribution in [3.8, 4) is 11.5 Å². The van der Waals surface area contributed by atoms with Gasteiger partial charge in [0.25, 0.3) is 5.69 Å². The van der Waals surface area contributed by atoms with Gasteiger partial charge in [-0.25, -0.2) is 0 Å². The quantitative estimate of drug-likeness (QED) is 0.181. The first-order chi connectivity index (χ1) is 15.5. The molecule has 4 aromatic rings. The van der Waals surface area contributed by atoms with Crippen LogP contribution in [0.3, 0.4) is 0 Å². The zero-order valence-electron chi connectivity index (χ0n) is 17.3. The maximum Gasteiger partial charge on any atom is 2.00 e. The minimum Gasteiger partial charge on any atom is -0.872 e. The molecule has 7 nitrogen and oxygen atoms in total. The fourth-order valence-corrected chi connectivity index (χ4v) is 2.76. The summed E-state index contributed by atoms with van der Waals surface area (Å²) in [4.78, 5) is 18.0. The molecule has 0 saturated heterocycles. The van der Waals surface area contributed by atoms with Crippen molar-refractivity contribution < 1.29 is 32.2 Å². The number of aromatic nitrogens is 1. The first kappa shape index (κ1) is 25.3. The van der Waals surface area contributed by atoms with Gasteiger partial charge < -0.3 is 10.2 Å². The molecule has 0 aliphatic rings. The van der Waals surface area contributed by atoms with E-state index in [1.165, 1.54) is 30.5 Å². The fourth-order valence-electron chi connectivity index (χ4n) is 2.76. The Balaban J connectivity index is 0.000000227. The van der Waals surface area contributed by atoms with Crippen molar-refractivity contribution in [2.45, 2.75) is 6.42 Å². The smallest absolute Gasteiger partial charge is 0.872 e. The second-order valence-electron chi connectivity index (χ2n) is 6.72. The van der Waals surface area contributed by atoms with E-state index >= 15 is 0 Å². The third kappa shape index (κ3) is 7.88. The zero-order chi connectivity index (χ0) is 22.8. The van der Waals surface area contributed by atoms with Gasteiger partial charge in [-0.3, -0.25) is 20.1 Å². The van der Waals surface area contributed by atoms with Crippen LogP contribution in [0.25, 0.3) is 0 Å². The molecule has 0 fully saturated rings. The summed E-state index contributed by atoms with van der Waals surface area (Å²) in [6, 6.07) is 23.5. The first-order valence-electron chi connectivity index (χ1n) is 9.71. The van der Waals surface area contributed by atoms with Crippen LogP contribution < -0.4 is 10.2 Å². The second kappa shape index (κ2) is 12.8.